The van der Waals surface area contributed by atoms with Crippen LogP contribution in [0.2, 0.25) is 0 Å². The van der Waals surface area contributed by atoms with E-state index in [4.69, 9.17) is 0 Å². The highest BCUT2D eigenvalue weighted by Gasteiger charge is 2.08. The van der Waals surface area contributed by atoms with Gasteiger partial charge in [0, 0.05) is 6.04 Å². The van der Waals surface area contributed by atoms with Crippen molar-refractivity contribution in [1.29, 1.82) is 0 Å². The van der Waals surface area contributed by atoms with E-state index in [0.717, 1.165) is 12.1 Å². The van der Waals surface area contributed by atoms with E-state index < -0.39 is 0 Å². The van der Waals surface area contributed by atoms with Gasteiger partial charge in [0.2, 0.25) is 0 Å². The third-order valence-electron chi connectivity index (χ3n) is 3.70. The fourth-order valence-corrected chi connectivity index (χ4v) is 2.46. The minimum atomic E-state index is -0.117. The van der Waals surface area contributed by atoms with Gasteiger partial charge in [-0.2, -0.15) is 0 Å². The van der Waals surface area contributed by atoms with Crippen LogP contribution >= 0.6 is 0 Å². The highest BCUT2D eigenvalue weighted by molar-refractivity contribution is 5.32. The molecule has 0 aliphatic rings. The van der Waals surface area contributed by atoms with Crippen molar-refractivity contribution in [1.82, 2.24) is 5.32 Å². The number of benzene rings is 2. The molecule has 0 amide bonds. The van der Waals surface area contributed by atoms with Gasteiger partial charge < -0.3 is 5.32 Å². The summed E-state index contributed by atoms with van der Waals surface area (Å²) in [5, 5.41) is 3.48. The molecule has 0 aliphatic carbocycles. The summed E-state index contributed by atoms with van der Waals surface area (Å²) in [6, 6.07) is 13.8. The second kappa shape index (κ2) is 6.67. The van der Waals surface area contributed by atoms with Crippen LogP contribution in [0.1, 0.15) is 35.2 Å². The average Bonchev–Trinajstić information content (AvgIpc) is 2.43. The number of hydrogen-bond donors (Lipinski definition) is 1. The monoisotopic (exact) mass is 271 g/mol. The van der Waals surface area contributed by atoms with Crippen LogP contribution in [0.3, 0.4) is 0 Å². The Hall–Kier alpha value is -1.67. The van der Waals surface area contributed by atoms with Crippen LogP contribution in [0.5, 0.6) is 0 Å². The lowest BCUT2D eigenvalue weighted by Crippen LogP contribution is -2.22. The van der Waals surface area contributed by atoms with Crippen LogP contribution in [0, 0.1) is 19.7 Å². The molecule has 2 aromatic carbocycles. The number of hydrogen-bond acceptors (Lipinski definition) is 1. The molecule has 0 heterocycles. The van der Waals surface area contributed by atoms with E-state index in [1.807, 2.05) is 12.1 Å². The van der Waals surface area contributed by atoms with Gasteiger partial charge in [-0.3, -0.25) is 0 Å². The van der Waals surface area contributed by atoms with E-state index in [1.54, 1.807) is 6.07 Å². The third kappa shape index (κ3) is 3.67. The van der Waals surface area contributed by atoms with Crippen LogP contribution in [0.25, 0.3) is 0 Å². The number of halogens is 1. The second-order valence-electron chi connectivity index (χ2n) is 5.38. The summed E-state index contributed by atoms with van der Waals surface area (Å²) in [6.45, 7) is 7.16. The third-order valence-corrected chi connectivity index (χ3v) is 3.70. The molecule has 1 unspecified atom stereocenters. The van der Waals surface area contributed by atoms with Crippen LogP contribution in [-0.4, -0.2) is 6.54 Å². The number of nitrogens with one attached hydrogen (secondary N) is 1. The predicted molar refractivity (Wildman–Crippen MR) is 82.4 cm³/mol. The van der Waals surface area contributed by atoms with Crippen molar-refractivity contribution >= 4 is 0 Å². The van der Waals surface area contributed by atoms with E-state index >= 15 is 0 Å². The van der Waals surface area contributed by atoms with Crippen molar-refractivity contribution < 1.29 is 4.39 Å². The Labute approximate surface area is 120 Å². The van der Waals surface area contributed by atoms with Crippen LogP contribution in [0.4, 0.5) is 4.39 Å². The molecule has 0 bridgehead atoms. The molecule has 0 saturated heterocycles. The van der Waals surface area contributed by atoms with Gasteiger partial charge in [0.25, 0.3) is 0 Å². The SMILES string of the molecule is Cc1ccc(C)c(C(C)NCCc2ccccc2F)c1. The molecule has 0 aliphatic heterocycles. The molecule has 0 saturated carbocycles. The lowest BCUT2D eigenvalue weighted by Gasteiger charge is -2.17. The van der Waals surface area contributed by atoms with Gasteiger partial charge in [0.05, 0.1) is 0 Å². The van der Waals surface area contributed by atoms with Crippen molar-refractivity contribution in [2.45, 2.75) is 33.2 Å². The molecule has 1 atom stereocenters. The average molecular weight is 271 g/mol. The smallest absolute Gasteiger partial charge is 0.126 e. The largest absolute Gasteiger partial charge is 0.310 e. The van der Waals surface area contributed by atoms with Crippen molar-refractivity contribution in [2.75, 3.05) is 6.54 Å². The van der Waals surface area contributed by atoms with Crippen LogP contribution in [0.15, 0.2) is 42.5 Å². The van der Waals surface area contributed by atoms with Gasteiger partial charge in [-0.25, -0.2) is 4.39 Å². The molecule has 0 spiro atoms. The summed E-state index contributed by atoms with van der Waals surface area (Å²) in [4.78, 5) is 0. The Morgan fingerprint density at radius 1 is 1.10 bits per heavy atom. The summed E-state index contributed by atoms with van der Waals surface area (Å²) < 4.78 is 13.5. The number of rotatable bonds is 5. The first kappa shape index (κ1) is 14.7. The van der Waals surface area contributed by atoms with Gasteiger partial charge in [0.15, 0.2) is 0 Å². The number of aryl methyl sites for hydroxylation is 2. The Kier molecular flexibility index (Phi) is 4.91. The highest BCUT2D eigenvalue weighted by Crippen LogP contribution is 2.18. The van der Waals surface area contributed by atoms with E-state index in [2.05, 4.69) is 44.3 Å². The maximum absolute atomic E-state index is 13.5. The molecular weight excluding hydrogens is 249 g/mol. The molecule has 0 fully saturated rings. The summed E-state index contributed by atoms with van der Waals surface area (Å²) in [6.07, 6.45) is 0.710. The summed E-state index contributed by atoms with van der Waals surface area (Å²) in [7, 11) is 0. The topological polar surface area (TPSA) is 12.0 Å². The minimum Gasteiger partial charge on any atom is -0.310 e. The van der Waals surface area contributed by atoms with Gasteiger partial charge in [-0.15, -0.1) is 0 Å². The first-order valence-corrected chi connectivity index (χ1v) is 7.12. The Bertz CT molecular complexity index is 577. The summed E-state index contributed by atoms with van der Waals surface area (Å²) in [5.41, 5.74) is 4.65. The normalized spacial score (nSPS) is 12.4. The quantitative estimate of drug-likeness (QED) is 0.853. The molecule has 0 radical (unpaired) electrons. The maximum atomic E-state index is 13.5. The van der Waals surface area contributed by atoms with E-state index in [-0.39, 0.29) is 11.9 Å². The zero-order chi connectivity index (χ0) is 14.5. The fourth-order valence-electron chi connectivity index (χ4n) is 2.46. The Balaban J connectivity index is 1.94. The van der Waals surface area contributed by atoms with E-state index in [9.17, 15) is 4.39 Å². The predicted octanol–water partition coefficient (Wildman–Crippen LogP) is 4.34. The first-order valence-electron chi connectivity index (χ1n) is 7.12. The zero-order valence-corrected chi connectivity index (χ0v) is 12.4. The van der Waals surface area contributed by atoms with E-state index in [0.29, 0.717) is 6.42 Å². The fraction of sp³-hybridized carbons (Fsp3) is 0.333. The standard InChI is InChI=1S/C18H22FN/c1-13-8-9-14(2)17(12-13)15(3)20-11-10-16-6-4-5-7-18(16)19/h4-9,12,15,20H,10-11H2,1-3H3. The van der Waals surface area contributed by atoms with Gasteiger partial charge in [-0.05, 0) is 56.5 Å². The molecule has 0 aromatic heterocycles. The Morgan fingerprint density at radius 3 is 2.60 bits per heavy atom. The lowest BCUT2D eigenvalue weighted by molar-refractivity contribution is 0.557. The molecule has 106 valence electrons. The summed E-state index contributed by atoms with van der Waals surface area (Å²) in [5.74, 6) is -0.117. The van der Waals surface area contributed by atoms with Crippen molar-refractivity contribution in [2.24, 2.45) is 0 Å². The first-order chi connectivity index (χ1) is 9.58. The molecule has 1 nitrogen and oxygen atoms in total. The minimum absolute atomic E-state index is 0.117. The van der Waals surface area contributed by atoms with Crippen LogP contribution in [-0.2, 0) is 6.42 Å². The molecule has 2 rings (SSSR count). The maximum Gasteiger partial charge on any atom is 0.126 e. The molecule has 2 heteroatoms. The summed E-state index contributed by atoms with van der Waals surface area (Å²) >= 11 is 0. The zero-order valence-electron chi connectivity index (χ0n) is 12.4. The van der Waals surface area contributed by atoms with Gasteiger partial charge >= 0.3 is 0 Å². The van der Waals surface area contributed by atoms with Crippen LogP contribution < -0.4 is 5.32 Å². The second-order valence-corrected chi connectivity index (χ2v) is 5.38. The van der Waals surface area contributed by atoms with Crippen molar-refractivity contribution in [3.05, 3.63) is 70.5 Å². The Morgan fingerprint density at radius 2 is 1.85 bits per heavy atom. The van der Waals surface area contributed by atoms with Gasteiger partial charge in [0.1, 0.15) is 5.82 Å². The van der Waals surface area contributed by atoms with Crippen molar-refractivity contribution in [3.63, 3.8) is 0 Å². The van der Waals surface area contributed by atoms with Crippen molar-refractivity contribution in [3.8, 4) is 0 Å². The molecule has 2 aromatic rings. The molecule has 20 heavy (non-hydrogen) atoms. The lowest BCUT2D eigenvalue weighted by atomic mass is 10.00. The highest BCUT2D eigenvalue weighted by atomic mass is 19.1. The molecule has 1 N–H and O–H groups in total. The van der Waals surface area contributed by atoms with Gasteiger partial charge in [-0.1, -0.05) is 42.0 Å². The molecular formula is C18H22FN. The van der Waals surface area contributed by atoms with E-state index in [1.165, 1.54) is 22.8 Å².